The van der Waals surface area contributed by atoms with Crippen LogP contribution in [0, 0.1) is 5.82 Å². The number of aliphatic hydroxyl groups excluding tert-OH is 1. The van der Waals surface area contributed by atoms with Crippen molar-refractivity contribution < 1.29 is 14.3 Å². The van der Waals surface area contributed by atoms with Crippen molar-refractivity contribution in [1.29, 1.82) is 0 Å². The Morgan fingerprint density at radius 3 is 2.61 bits per heavy atom. The quantitative estimate of drug-likeness (QED) is 0.711. The number of benzene rings is 1. The van der Waals surface area contributed by atoms with Crippen molar-refractivity contribution in [3.8, 4) is 0 Å². The van der Waals surface area contributed by atoms with Crippen molar-refractivity contribution >= 4 is 5.91 Å². The van der Waals surface area contributed by atoms with Crippen LogP contribution >= 0.6 is 0 Å². The summed E-state index contributed by atoms with van der Waals surface area (Å²) in [5.41, 5.74) is 6.19. The molecule has 0 spiro atoms. The summed E-state index contributed by atoms with van der Waals surface area (Å²) >= 11 is 0. The standard InChI is InChI=1S/C13H19FN2O2/c1-2-3-11(15)13(18)16-8-12(17)9-4-6-10(14)7-5-9/h4-7,11-12,17H,2-3,8,15H2,1H3,(H,16,18). The topological polar surface area (TPSA) is 75.4 Å². The first-order valence-corrected chi connectivity index (χ1v) is 6.01. The van der Waals surface area contributed by atoms with E-state index in [0.717, 1.165) is 6.42 Å². The van der Waals surface area contributed by atoms with Crippen molar-refractivity contribution in [2.24, 2.45) is 5.73 Å². The number of nitrogens with one attached hydrogen (secondary N) is 1. The second-order valence-corrected chi connectivity index (χ2v) is 4.21. The van der Waals surface area contributed by atoms with Crippen LogP contribution in [0.5, 0.6) is 0 Å². The number of amides is 1. The summed E-state index contributed by atoms with van der Waals surface area (Å²) in [4.78, 5) is 11.5. The Morgan fingerprint density at radius 1 is 1.44 bits per heavy atom. The van der Waals surface area contributed by atoms with E-state index in [1.54, 1.807) is 0 Å². The first kappa shape index (κ1) is 14.6. The van der Waals surface area contributed by atoms with Gasteiger partial charge in [0.2, 0.25) is 5.91 Å². The van der Waals surface area contributed by atoms with Crippen LogP contribution in [0.3, 0.4) is 0 Å². The fraction of sp³-hybridized carbons (Fsp3) is 0.462. The summed E-state index contributed by atoms with van der Waals surface area (Å²) in [6.07, 6.45) is 0.580. The first-order valence-electron chi connectivity index (χ1n) is 6.01. The second-order valence-electron chi connectivity index (χ2n) is 4.21. The molecular weight excluding hydrogens is 235 g/mol. The molecule has 0 saturated heterocycles. The monoisotopic (exact) mass is 254 g/mol. The molecule has 0 heterocycles. The average Bonchev–Trinajstić information content (AvgIpc) is 2.36. The largest absolute Gasteiger partial charge is 0.387 e. The molecule has 2 atom stereocenters. The highest BCUT2D eigenvalue weighted by atomic mass is 19.1. The van der Waals surface area contributed by atoms with E-state index in [-0.39, 0.29) is 18.3 Å². The molecule has 1 aromatic carbocycles. The minimum absolute atomic E-state index is 0.0713. The highest BCUT2D eigenvalue weighted by Crippen LogP contribution is 2.12. The van der Waals surface area contributed by atoms with Gasteiger partial charge < -0.3 is 16.2 Å². The van der Waals surface area contributed by atoms with E-state index in [0.29, 0.717) is 12.0 Å². The van der Waals surface area contributed by atoms with E-state index >= 15 is 0 Å². The average molecular weight is 254 g/mol. The molecule has 0 saturated carbocycles. The van der Waals surface area contributed by atoms with Crippen molar-refractivity contribution in [3.63, 3.8) is 0 Å². The number of halogens is 1. The lowest BCUT2D eigenvalue weighted by atomic mass is 10.1. The summed E-state index contributed by atoms with van der Waals surface area (Å²) in [6, 6.07) is 4.96. The number of aliphatic hydroxyl groups is 1. The van der Waals surface area contributed by atoms with Crippen molar-refractivity contribution in [2.75, 3.05) is 6.54 Å². The molecular formula is C13H19FN2O2. The highest BCUT2D eigenvalue weighted by molar-refractivity contribution is 5.81. The molecule has 0 aliphatic rings. The summed E-state index contributed by atoms with van der Waals surface area (Å²) < 4.78 is 12.7. The highest BCUT2D eigenvalue weighted by Gasteiger charge is 2.14. The smallest absolute Gasteiger partial charge is 0.237 e. The van der Waals surface area contributed by atoms with Gasteiger partial charge in [-0.3, -0.25) is 4.79 Å². The van der Waals surface area contributed by atoms with Crippen LogP contribution in [0.4, 0.5) is 4.39 Å². The first-order chi connectivity index (χ1) is 8.54. The number of hydrogen-bond donors (Lipinski definition) is 3. The molecule has 5 heteroatoms. The van der Waals surface area contributed by atoms with Crippen LogP contribution in [-0.2, 0) is 4.79 Å². The van der Waals surface area contributed by atoms with Gasteiger partial charge in [0.25, 0.3) is 0 Å². The Hall–Kier alpha value is -1.46. The van der Waals surface area contributed by atoms with Crippen molar-refractivity contribution in [1.82, 2.24) is 5.32 Å². The van der Waals surface area contributed by atoms with Crippen LogP contribution in [0.2, 0.25) is 0 Å². The molecule has 0 aromatic heterocycles. The lowest BCUT2D eigenvalue weighted by Gasteiger charge is -2.15. The molecule has 0 fully saturated rings. The van der Waals surface area contributed by atoms with Crippen LogP contribution in [0.15, 0.2) is 24.3 Å². The zero-order valence-electron chi connectivity index (χ0n) is 10.4. The second kappa shape index (κ2) is 7.08. The molecule has 4 N–H and O–H groups in total. The summed E-state index contributed by atoms with van der Waals surface area (Å²) in [5, 5.41) is 12.4. The Balaban J connectivity index is 2.43. The van der Waals surface area contributed by atoms with Gasteiger partial charge in [-0.2, -0.15) is 0 Å². The van der Waals surface area contributed by atoms with Crippen LogP contribution in [0.25, 0.3) is 0 Å². The SMILES string of the molecule is CCCC(N)C(=O)NCC(O)c1ccc(F)cc1. The molecule has 2 unspecified atom stereocenters. The van der Waals surface area contributed by atoms with Gasteiger partial charge in [-0.15, -0.1) is 0 Å². The van der Waals surface area contributed by atoms with Crippen molar-refractivity contribution in [2.45, 2.75) is 31.9 Å². The molecule has 0 aliphatic heterocycles. The van der Waals surface area contributed by atoms with E-state index in [9.17, 15) is 14.3 Å². The maximum absolute atomic E-state index is 12.7. The minimum Gasteiger partial charge on any atom is -0.387 e. The van der Waals surface area contributed by atoms with Gasteiger partial charge in [0.15, 0.2) is 0 Å². The van der Waals surface area contributed by atoms with Crippen LogP contribution in [-0.4, -0.2) is 23.6 Å². The Labute approximate surface area is 106 Å². The predicted octanol–water partition coefficient (Wildman–Crippen LogP) is 1.10. The molecule has 100 valence electrons. The van der Waals surface area contributed by atoms with Gasteiger partial charge in [-0.1, -0.05) is 25.5 Å². The van der Waals surface area contributed by atoms with Gasteiger partial charge >= 0.3 is 0 Å². The molecule has 0 bridgehead atoms. The molecule has 0 aliphatic carbocycles. The third-order valence-electron chi connectivity index (χ3n) is 2.66. The van der Waals surface area contributed by atoms with Gasteiger partial charge in [0, 0.05) is 6.54 Å². The Bertz CT molecular complexity index is 381. The Kier molecular flexibility index (Phi) is 5.74. The van der Waals surface area contributed by atoms with Gasteiger partial charge in [0.1, 0.15) is 5.82 Å². The number of rotatable bonds is 6. The van der Waals surface area contributed by atoms with Crippen LogP contribution in [0.1, 0.15) is 31.4 Å². The number of carbonyl (C=O) groups excluding carboxylic acids is 1. The van der Waals surface area contributed by atoms with E-state index in [2.05, 4.69) is 5.32 Å². The number of carbonyl (C=O) groups is 1. The lowest BCUT2D eigenvalue weighted by Crippen LogP contribution is -2.41. The third-order valence-corrected chi connectivity index (χ3v) is 2.66. The van der Waals surface area contributed by atoms with Gasteiger partial charge in [-0.05, 0) is 24.1 Å². The minimum atomic E-state index is -0.858. The van der Waals surface area contributed by atoms with Gasteiger partial charge in [0.05, 0.1) is 12.1 Å². The molecule has 4 nitrogen and oxygen atoms in total. The maximum Gasteiger partial charge on any atom is 0.237 e. The molecule has 1 aromatic rings. The zero-order chi connectivity index (χ0) is 13.5. The van der Waals surface area contributed by atoms with Crippen LogP contribution < -0.4 is 11.1 Å². The Morgan fingerprint density at radius 2 is 2.06 bits per heavy atom. The number of hydrogen-bond acceptors (Lipinski definition) is 3. The van der Waals surface area contributed by atoms with E-state index in [1.165, 1.54) is 24.3 Å². The van der Waals surface area contributed by atoms with E-state index < -0.39 is 12.1 Å². The summed E-state index contributed by atoms with van der Waals surface area (Å²) in [6.45, 7) is 2.02. The fourth-order valence-electron chi connectivity index (χ4n) is 1.57. The zero-order valence-corrected chi connectivity index (χ0v) is 10.4. The number of nitrogens with two attached hydrogens (primary N) is 1. The molecule has 0 radical (unpaired) electrons. The summed E-state index contributed by atoms with van der Waals surface area (Å²) in [7, 11) is 0. The molecule has 1 rings (SSSR count). The molecule has 1 amide bonds. The third kappa shape index (κ3) is 4.43. The predicted molar refractivity (Wildman–Crippen MR) is 67.3 cm³/mol. The fourth-order valence-corrected chi connectivity index (χ4v) is 1.57. The maximum atomic E-state index is 12.7. The van der Waals surface area contributed by atoms with Gasteiger partial charge in [-0.25, -0.2) is 4.39 Å². The molecule has 18 heavy (non-hydrogen) atoms. The van der Waals surface area contributed by atoms with Crippen molar-refractivity contribution in [3.05, 3.63) is 35.6 Å². The normalized spacial score (nSPS) is 14.0. The van der Waals surface area contributed by atoms with E-state index in [4.69, 9.17) is 5.73 Å². The summed E-state index contributed by atoms with van der Waals surface area (Å²) in [5.74, 6) is -0.641. The lowest BCUT2D eigenvalue weighted by molar-refractivity contribution is -0.123. The van der Waals surface area contributed by atoms with E-state index in [1.807, 2.05) is 6.92 Å².